The van der Waals surface area contributed by atoms with E-state index >= 15 is 0 Å². The summed E-state index contributed by atoms with van der Waals surface area (Å²) in [7, 11) is 0. The molecule has 1 aromatic heterocycles. The molecule has 110 valence electrons. The molecule has 2 aromatic carbocycles. The molecule has 0 fully saturated rings. The molecule has 0 saturated heterocycles. The zero-order valence-electron chi connectivity index (χ0n) is 12.1. The Balaban J connectivity index is 2.21. The molecule has 0 N–H and O–H groups in total. The summed E-state index contributed by atoms with van der Waals surface area (Å²) in [5.74, 6) is -0.0264. The number of aromatic nitrogens is 1. The summed E-state index contributed by atoms with van der Waals surface area (Å²) in [6, 6.07) is 12.2. The second-order valence-corrected chi connectivity index (χ2v) is 4.92. The molecule has 22 heavy (non-hydrogen) atoms. The molecular weight excluding hydrogens is 282 g/mol. The minimum Gasteiger partial charge on any atom is -0.426 e. The minimum atomic E-state index is -0.471. The number of carbonyl (C=O) groups is 1. The first kappa shape index (κ1) is 14.0. The van der Waals surface area contributed by atoms with Crippen LogP contribution in [0.3, 0.4) is 0 Å². The van der Waals surface area contributed by atoms with Gasteiger partial charge in [-0.2, -0.15) is 0 Å². The molecule has 0 atom stereocenters. The maximum Gasteiger partial charge on any atom is 0.347 e. The number of benzene rings is 2. The highest BCUT2D eigenvalue weighted by Crippen LogP contribution is 2.28. The molecule has 0 amide bonds. The lowest BCUT2D eigenvalue weighted by Gasteiger charge is -2.07. The summed E-state index contributed by atoms with van der Waals surface area (Å²) in [5, 5.41) is 0.425. The fraction of sp³-hybridized carbons (Fsp3) is 0.118. The molecule has 3 aromatic rings. The van der Waals surface area contributed by atoms with Crippen LogP contribution in [0.25, 0.3) is 22.4 Å². The molecule has 3 rings (SSSR count). The topological polar surface area (TPSA) is 69.4 Å². The maximum absolute atomic E-state index is 12.1. The number of nitrogens with zero attached hydrogens (tertiary/aromatic N) is 1. The third kappa shape index (κ3) is 2.61. The van der Waals surface area contributed by atoms with E-state index in [1.54, 1.807) is 36.4 Å². The van der Waals surface area contributed by atoms with Gasteiger partial charge in [-0.15, -0.1) is 0 Å². The van der Waals surface area contributed by atoms with Gasteiger partial charge in [-0.1, -0.05) is 23.8 Å². The number of aryl methyl sites for hydroxylation is 1. The number of para-hydroxylation sites is 1. The Labute approximate surface area is 126 Å². The van der Waals surface area contributed by atoms with Gasteiger partial charge in [0, 0.05) is 6.92 Å². The number of esters is 1. The first-order valence-electron chi connectivity index (χ1n) is 6.74. The zero-order chi connectivity index (χ0) is 15.7. The van der Waals surface area contributed by atoms with Crippen molar-refractivity contribution in [3.05, 3.63) is 58.4 Å². The molecule has 0 spiro atoms. The van der Waals surface area contributed by atoms with Crippen LogP contribution in [0, 0.1) is 6.92 Å². The highest BCUT2D eigenvalue weighted by atomic mass is 16.5. The van der Waals surface area contributed by atoms with Gasteiger partial charge in [0.05, 0.1) is 16.5 Å². The van der Waals surface area contributed by atoms with Crippen molar-refractivity contribution in [3.8, 4) is 17.2 Å². The summed E-state index contributed by atoms with van der Waals surface area (Å²) in [4.78, 5) is 27.7. The van der Waals surface area contributed by atoms with E-state index in [1.165, 1.54) is 6.92 Å². The molecular formula is C17H13NO4. The van der Waals surface area contributed by atoms with Crippen molar-refractivity contribution in [1.29, 1.82) is 0 Å². The van der Waals surface area contributed by atoms with Gasteiger partial charge in [-0.25, -0.2) is 9.78 Å². The van der Waals surface area contributed by atoms with Crippen molar-refractivity contribution in [1.82, 2.24) is 4.98 Å². The molecule has 0 radical (unpaired) electrons. The van der Waals surface area contributed by atoms with E-state index in [-0.39, 0.29) is 5.89 Å². The predicted molar refractivity (Wildman–Crippen MR) is 81.8 cm³/mol. The fourth-order valence-electron chi connectivity index (χ4n) is 2.19. The van der Waals surface area contributed by atoms with Gasteiger partial charge in [-0.3, -0.25) is 4.79 Å². The Morgan fingerprint density at radius 2 is 1.95 bits per heavy atom. The normalized spacial score (nSPS) is 10.6. The van der Waals surface area contributed by atoms with E-state index < -0.39 is 11.6 Å². The first-order chi connectivity index (χ1) is 10.5. The predicted octanol–water partition coefficient (Wildman–Crippen LogP) is 3.09. The van der Waals surface area contributed by atoms with Crippen molar-refractivity contribution in [3.63, 3.8) is 0 Å². The standard InChI is InChI=1S/C17H13NO4/c1-10-7-8-14-13(9-10)17(20)22-16(18-14)12-5-3-4-6-15(12)21-11(2)19/h3-9H,1-2H3. The van der Waals surface area contributed by atoms with Crippen molar-refractivity contribution in [2.75, 3.05) is 0 Å². The molecule has 0 aliphatic carbocycles. The van der Waals surface area contributed by atoms with Crippen LogP contribution in [-0.2, 0) is 4.79 Å². The van der Waals surface area contributed by atoms with Crippen molar-refractivity contribution in [2.24, 2.45) is 0 Å². The van der Waals surface area contributed by atoms with Crippen LogP contribution in [0.5, 0.6) is 5.75 Å². The summed E-state index contributed by atoms with van der Waals surface area (Å²) >= 11 is 0. The van der Waals surface area contributed by atoms with Gasteiger partial charge in [0.2, 0.25) is 5.89 Å². The Kier molecular flexibility index (Phi) is 3.47. The molecule has 0 aliphatic heterocycles. The lowest BCUT2D eigenvalue weighted by Crippen LogP contribution is -2.06. The summed E-state index contributed by atoms with van der Waals surface area (Å²) in [6.45, 7) is 3.20. The lowest BCUT2D eigenvalue weighted by atomic mass is 10.1. The molecule has 0 aliphatic rings. The average Bonchev–Trinajstić information content (AvgIpc) is 2.48. The number of hydrogen-bond acceptors (Lipinski definition) is 5. The number of fused-ring (bicyclic) bond motifs is 1. The highest BCUT2D eigenvalue weighted by Gasteiger charge is 2.14. The van der Waals surface area contributed by atoms with Crippen LogP contribution in [0.2, 0.25) is 0 Å². The largest absolute Gasteiger partial charge is 0.426 e. The van der Waals surface area contributed by atoms with E-state index in [2.05, 4.69) is 4.98 Å². The van der Waals surface area contributed by atoms with E-state index in [9.17, 15) is 9.59 Å². The van der Waals surface area contributed by atoms with Crippen molar-refractivity contribution in [2.45, 2.75) is 13.8 Å². The Hall–Kier alpha value is -2.95. The smallest absolute Gasteiger partial charge is 0.347 e. The van der Waals surface area contributed by atoms with Crippen molar-refractivity contribution < 1.29 is 13.9 Å². The Bertz CT molecular complexity index is 927. The fourth-order valence-corrected chi connectivity index (χ4v) is 2.19. The molecule has 0 unspecified atom stereocenters. The number of ether oxygens (including phenoxy) is 1. The van der Waals surface area contributed by atoms with E-state index in [1.807, 2.05) is 13.0 Å². The van der Waals surface area contributed by atoms with E-state index in [0.717, 1.165) is 5.56 Å². The summed E-state index contributed by atoms with van der Waals surface area (Å²) < 4.78 is 10.4. The third-order valence-electron chi connectivity index (χ3n) is 3.15. The Morgan fingerprint density at radius 1 is 1.18 bits per heavy atom. The molecule has 0 saturated carbocycles. The van der Waals surface area contributed by atoms with Gasteiger partial charge in [0.15, 0.2) is 0 Å². The van der Waals surface area contributed by atoms with Crippen molar-refractivity contribution >= 4 is 16.9 Å². The highest BCUT2D eigenvalue weighted by molar-refractivity contribution is 5.80. The van der Waals surface area contributed by atoms with Gasteiger partial charge in [0.25, 0.3) is 0 Å². The van der Waals surface area contributed by atoms with Crippen LogP contribution in [-0.4, -0.2) is 11.0 Å². The number of rotatable bonds is 2. The summed E-state index contributed by atoms with van der Waals surface area (Å²) in [6.07, 6.45) is 0. The van der Waals surface area contributed by atoms with Crippen LogP contribution in [0.1, 0.15) is 12.5 Å². The van der Waals surface area contributed by atoms with Gasteiger partial charge >= 0.3 is 11.6 Å². The minimum absolute atomic E-state index is 0.123. The molecule has 5 heteroatoms. The molecule has 5 nitrogen and oxygen atoms in total. The third-order valence-corrected chi connectivity index (χ3v) is 3.15. The SMILES string of the molecule is CC(=O)Oc1ccccc1-c1nc2ccc(C)cc2c(=O)o1. The quantitative estimate of drug-likeness (QED) is 0.536. The lowest BCUT2D eigenvalue weighted by molar-refractivity contribution is -0.131. The zero-order valence-corrected chi connectivity index (χ0v) is 12.1. The van der Waals surface area contributed by atoms with Crippen LogP contribution in [0.4, 0.5) is 0 Å². The second kappa shape index (κ2) is 5.44. The van der Waals surface area contributed by atoms with Gasteiger partial charge in [-0.05, 0) is 31.2 Å². The van der Waals surface area contributed by atoms with Crippen LogP contribution < -0.4 is 10.4 Å². The Morgan fingerprint density at radius 3 is 2.73 bits per heavy atom. The maximum atomic E-state index is 12.1. The molecule has 0 bridgehead atoms. The second-order valence-electron chi connectivity index (χ2n) is 4.92. The summed E-state index contributed by atoms with van der Waals surface area (Å²) in [5.41, 5.74) is 1.47. The van der Waals surface area contributed by atoms with Gasteiger partial charge < -0.3 is 9.15 Å². The number of hydrogen-bond donors (Lipinski definition) is 0. The number of carbonyl (C=O) groups excluding carboxylic acids is 1. The average molecular weight is 295 g/mol. The van der Waals surface area contributed by atoms with E-state index in [4.69, 9.17) is 9.15 Å². The molecule has 1 heterocycles. The monoisotopic (exact) mass is 295 g/mol. The first-order valence-corrected chi connectivity index (χ1v) is 6.74. The van der Waals surface area contributed by atoms with E-state index in [0.29, 0.717) is 22.2 Å². The van der Waals surface area contributed by atoms with Crippen LogP contribution >= 0.6 is 0 Å². The van der Waals surface area contributed by atoms with Crippen LogP contribution in [0.15, 0.2) is 51.7 Å². The van der Waals surface area contributed by atoms with Gasteiger partial charge in [0.1, 0.15) is 5.75 Å².